The zero-order valence-electron chi connectivity index (χ0n) is 30.6. The fourth-order valence-corrected chi connectivity index (χ4v) is 11.9. The summed E-state index contributed by atoms with van der Waals surface area (Å²) >= 11 is 0. The van der Waals surface area contributed by atoms with Crippen LogP contribution in [0, 0.1) is 53.3 Å². The van der Waals surface area contributed by atoms with Gasteiger partial charge in [-0.15, -0.1) is 0 Å². The summed E-state index contributed by atoms with van der Waals surface area (Å²) < 4.78 is 17.8. The molecule has 0 bridgehead atoms. The Bertz CT molecular complexity index is 1610. The summed E-state index contributed by atoms with van der Waals surface area (Å²) in [6.07, 6.45) is 20.1. The molecule has 1 aromatic carbocycles. The first kappa shape index (κ1) is 33.9. The first-order valence-corrected chi connectivity index (χ1v) is 19.6. The lowest BCUT2D eigenvalue weighted by Gasteiger charge is -2.58. The van der Waals surface area contributed by atoms with Crippen molar-refractivity contribution in [1.82, 2.24) is 0 Å². The Morgan fingerprint density at radius 1 is 0.979 bits per heavy atom. The molecular weight excluding hydrogens is 596 g/mol. The van der Waals surface area contributed by atoms with Crippen LogP contribution in [0.1, 0.15) is 135 Å². The minimum Gasteiger partial charge on any atom is -0.481 e. The molecule has 0 aliphatic heterocycles. The van der Waals surface area contributed by atoms with E-state index in [1.807, 2.05) is 19.1 Å². The Balaban J connectivity index is 0.967. The fourth-order valence-electron chi connectivity index (χ4n) is 11.9. The molecule has 0 spiro atoms. The molecule has 0 radical (unpaired) electrons. The zero-order chi connectivity index (χ0) is 33.8. The number of fused-ring (bicyclic) bond motifs is 8. The molecule has 0 N–H and O–H groups in total. The number of carbonyl (C=O) groups excluding carboxylic acids is 1. The third-order valence-electron chi connectivity index (χ3n) is 14.5. The molecule has 48 heavy (non-hydrogen) atoms. The summed E-state index contributed by atoms with van der Waals surface area (Å²) in [6, 6.07) is 3.89. The average molecular weight is 657 g/mol. The quantitative estimate of drug-likeness (QED) is 0.153. The predicted octanol–water partition coefficient (Wildman–Crippen LogP) is 10.3. The van der Waals surface area contributed by atoms with E-state index in [0.717, 1.165) is 103 Å². The number of ether oxygens (including phenoxy) is 2. The van der Waals surface area contributed by atoms with Crippen LogP contribution in [0.25, 0.3) is 11.0 Å². The van der Waals surface area contributed by atoms with Crippen LogP contribution in [0.2, 0.25) is 0 Å². The summed E-state index contributed by atoms with van der Waals surface area (Å²) in [5, 5.41) is 0.993. The normalized spacial score (nSPS) is 33.3. The molecule has 7 rings (SSSR count). The van der Waals surface area contributed by atoms with Crippen molar-refractivity contribution in [3.63, 3.8) is 0 Å². The Hall–Kier alpha value is -2.56. The van der Waals surface area contributed by atoms with E-state index in [1.54, 1.807) is 0 Å². The van der Waals surface area contributed by atoms with Crippen LogP contribution in [-0.4, -0.2) is 18.7 Å². The molecule has 1 aromatic heterocycles. The number of esters is 1. The molecule has 3 saturated carbocycles. The molecule has 8 unspecified atom stereocenters. The molecule has 3 fully saturated rings. The van der Waals surface area contributed by atoms with Crippen molar-refractivity contribution < 1.29 is 18.7 Å². The van der Waals surface area contributed by atoms with Gasteiger partial charge in [0.25, 0.3) is 0 Å². The molecular formula is C43H60O5. The highest BCUT2D eigenvalue weighted by molar-refractivity contribution is 5.86. The number of carbonyl (C=O) groups is 1. The maximum atomic E-state index is 13.1. The molecule has 1 heterocycles. The van der Waals surface area contributed by atoms with E-state index >= 15 is 0 Å². The van der Waals surface area contributed by atoms with Crippen LogP contribution in [0.3, 0.4) is 0 Å². The van der Waals surface area contributed by atoms with Gasteiger partial charge in [0.15, 0.2) is 6.61 Å². The summed E-state index contributed by atoms with van der Waals surface area (Å²) in [5.74, 6) is 5.20. The second-order valence-electron chi connectivity index (χ2n) is 17.6. The van der Waals surface area contributed by atoms with Gasteiger partial charge in [-0.2, -0.15) is 0 Å². The zero-order valence-corrected chi connectivity index (χ0v) is 30.6. The molecule has 5 aliphatic rings. The topological polar surface area (TPSA) is 65.7 Å². The third kappa shape index (κ3) is 5.97. The largest absolute Gasteiger partial charge is 0.481 e. The average Bonchev–Trinajstić information content (AvgIpc) is 3.42. The van der Waals surface area contributed by atoms with Gasteiger partial charge < -0.3 is 13.9 Å². The lowest BCUT2D eigenvalue weighted by atomic mass is 9.47. The maximum absolute atomic E-state index is 13.1. The molecule has 5 nitrogen and oxygen atoms in total. The second-order valence-corrected chi connectivity index (χ2v) is 17.6. The van der Waals surface area contributed by atoms with Crippen molar-refractivity contribution >= 4 is 16.9 Å². The van der Waals surface area contributed by atoms with E-state index in [1.165, 1.54) is 56.9 Å². The van der Waals surface area contributed by atoms with E-state index in [2.05, 4.69) is 40.7 Å². The fraction of sp³-hybridized carbons (Fsp3) is 0.721. The van der Waals surface area contributed by atoms with Crippen molar-refractivity contribution in [2.24, 2.45) is 46.3 Å². The number of hydrogen-bond acceptors (Lipinski definition) is 5. The van der Waals surface area contributed by atoms with E-state index in [-0.39, 0.29) is 29.7 Å². The smallest absolute Gasteiger partial charge is 0.344 e. The Kier molecular flexibility index (Phi) is 9.39. The van der Waals surface area contributed by atoms with Crippen LogP contribution < -0.4 is 10.4 Å². The number of aryl methyl sites for hydroxylation is 2. The molecule has 5 heteroatoms. The van der Waals surface area contributed by atoms with Gasteiger partial charge in [-0.25, -0.2) is 9.59 Å². The van der Waals surface area contributed by atoms with Crippen LogP contribution in [0.5, 0.6) is 5.75 Å². The summed E-state index contributed by atoms with van der Waals surface area (Å²) in [4.78, 5) is 25.8. The number of hydrogen-bond donors (Lipinski definition) is 0. The van der Waals surface area contributed by atoms with Gasteiger partial charge >= 0.3 is 11.6 Å². The Morgan fingerprint density at radius 3 is 2.56 bits per heavy atom. The first-order chi connectivity index (χ1) is 23.0. The molecule has 5 aliphatic carbocycles. The maximum Gasteiger partial charge on any atom is 0.344 e. The molecule has 0 saturated heterocycles. The number of allylic oxidation sites excluding steroid dienone is 1. The van der Waals surface area contributed by atoms with Gasteiger partial charge in [0.05, 0.1) is 0 Å². The third-order valence-corrected chi connectivity index (χ3v) is 14.5. The summed E-state index contributed by atoms with van der Waals surface area (Å²) in [7, 11) is 0. The highest BCUT2D eigenvalue weighted by Gasteiger charge is 2.59. The molecule has 0 amide bonds. The van der Waals surface area contributed by atoms with Gasteiger partial charge in [0.1, 0.15) is 17.4 Å². The van der Waals surface area contributed by atoms with E-state index < -0.39 is 0 Å². The first-order valence-electron chi connectivity index (χ1n) is 19.6. The van der Waals surface area contributed by atoms with Gasteiger partial charge in [0.2, 0.25) is 0 Å². The Morgan fingerprint density at radius 2 is 1.77 bits per heavy atom. The number of benzene rings is 1. The minimum atomic E-state index is -0.322. The SMILES string of the molecule is Cc1c(OCC(=O)OC2CCC3(C)C(=CCC4C3CCC3(C)C(C(C)CCCC(C)C)CCC43)C2)ccc2c3c(c(=O)oc12)CCCC3. The van der Waals surface area contributed by atoms with Gasteiger partial charge in [-0.1, -0.05) is 65.5 Å². The molecule has 262 valence electrons. The van der Waals surface area contributed by atoms with Crippen LogP contribution in [0.4, 0.5) is 0 Å². The lowest BCUT2D eigenvalue weighted by Crippen LogP contribution is -2.51. The second kappa shape index (κ2) is 13.3. The van der Waals surface area contributed by atoms with Crippen molar-refractivity contribution in [2.75, 3.05) is 6.61 Å². The Labute approximate surface area is 288 Å². The van der Waals surface area contributed by atoms with Crippen LogP contribution in [-0.2, 0) is 22.4 Å². The van der Waals surface area contributed by atoms with Crippen LogP contribution in [0.15, 0.2) is 33.0 Å². The predicted molar refractivity (Wildman–Crippen MR) is 192 cm³/mol. The molecule has 2 aromatic rings. The van der Waals surface area contributed by atoms with Crippen molar-refractivity contribution in [1.29, 1.82) is 0 Å². The standard InChI is InChI=1S/C43H60O5/c1-26(2)10-9-11-27(3)35-17-18-36-34-15-14-29-24-30(20-22-42(29,5)37(34)21-23-43(35,36)6)47-39(44)25-46-38-19-16-32-31-12-7-8-13-33(31)41(45)48-40(32)28(38)4/h14,16,19,26-27,30,34-37H,7-13,15,17-18,20-25H2,1-6H3. The van der Waals surface area contributed by atoms with Crippen molar-refractivity contribution in [2.45, 2.75) is 144 Å². The molecule has 8 atom stereocenters. The summed E-state index contributed by atoms with van der Waals surface area (Å²) in [5.41, 5.74) is 5.32. The van der Waals surface area contributed by atoms with Crippen molar-refractivity contribution in [3.8, 4) is 5.75 Å². The van der Waals surface area contributed by atoms with Gasteiger partial charge in [0, 0.05) is 22.9 Å². The highest BCUT2D eigenvalue weighted by atomic mass is 16.6. The lowest BCUT2D eigenvalue weighted by molar-refractivity contribution is -0.153. The van der Waals surface area contributed by atoms with Gasteiger partial charge in [-0.05, 0) is 142 Å². The highest BCUT2D eigenvalue weighted by Crippen LogP contribution is 2.67. The number of rotatable bonds is 9. The monoisotopic (exact) mass is 656 g/mol. The van der Waals surface area contributed by atoms with E-state index in [9.17, 15) is 9.59 Å². The van der Waals surface area contributed by atoms with E-state index in [4.69, 9.17) is 13.9 Å². The minimum absolute atomic E-state index is 0.0874. The van der Waals surface area contributed by atoms with Gasteiger partial charge in [-0.3, -0.25) is 0 Å². The van der Waals surface area contributed by atoms with Crippen LogP contribution >= 0.6 is 0 Å². The summed E-state index contributed by atoms with van der Waals surface area (Å²) in [6.45, 7) is 14.3. The van der Waals surface area contributed by atoms with E-state index in [0.29, 0.717) is 16.7 Å². The van der Waals surface area contributed by atoms with Crippen molar-refractivity contribution in [3.05, 3.63) is 50.9 Å².